The van der Waals surface area contributed by atoms with Crippen molar-refractivity contribution in [2.24, 2.45) is 7.05 Å². The van der Waals surface area contributed by atoms with Crippen molar-refractivity contribution in [1.82, 2.24) is 14.3 Å². The maximum absolute atomic E-state index is 12.4. The summed E-state index contributed by atoms with van der Waals surface area (Å²) in [5, 5.41) is -0.0827. The molecule has 0 saturated heterocycles. The number of benzene rings is 1. The van der Waals surface area contributed by atoms with E-state index in [-0.39, 0.29) is 16.2 Å². The van der Waals surface area contributed by atoms with Gasteiger partial charge in [-0.05, 0) is 24.1 Å². The van der Waals surface area contributed by atoms with Gasteiger partial charge in [-0.25, -0.2) is 18.1 Å². The number of halogens is 1. The fourth-order valence-electron chi connectivity index (χ4n) is 2.04. The number of hydrogen-bond donors (Lipinski definition) is 1. The summed E-state index contributed by atoms with van der Waals surface area (Å²) in [6.45, 7) is 1.90. The Morgan fingerprint density at radius 3 is 2.45 bits per heavy atom. The smallest absolute Gasteiger partial charge is 0.261 e. The van der Waals surface area contributed by atoms with E-state index in [1.165, 1.54) is 10.9 Å². The number of aryl methyl sites for hydroxylation is 1. The summed E-state index contributed by atoms with van der Waals surface area (Å²) in [6, 6.07) is 6.87. The highest BCUT2D eigenvalue weighted by atomic mass is 35.5. The molecule has 0 saturated carbocycles. The van der Waals surface area contributed by atoms with Gasteiger partial charge in [-0.15, -0.1) is 0 Å². The minimum absolute atomic E-state index is 0.0806. The van der Waals surface area contributed by atoms with Gasteiger partial charge in [-0.1, -0.05) is 30.7 Å². The number of hydrogen-bond acceptors (Lipinski definition) is 4. The molecule has 0 fully saturated rings. The van der Waals surface area contributed by atoms with Crippen LogP contribution in [0.3, 0.4) is 0 Å². The second-order valence-electron chi connectivity index (χ2n) is 4.81. The van der Waals surface area contributed by atoms with Crippen molar-refractivity contribution in [3.8, 4) is 5.75 Å². The highest BCUT2D eigenvalue weighted by Crippen LogP contribution is 2.24. The van der Waals surface area contributed by atoms with Gasteiger partial charge in [0.05, 0.1) is 13.4 Å². The Bertz CT molecular complexity index is 741. The average Bonchev–Trinajstić information content (AvgIpc) is 2.85. The van der Waals surface area contributed by atoms with E-state index in [0.29, 0.717) is 12.2 Å². The normalized spacial score (nSPS) is 13.1. The standard InChI is InChI=1S/C14H18ClN3O3S/c1-4-12(10-5-7-11(21-3)8-6-10)17-22(19,20)14-13(15)18(2)9-16-14/h5-9,12,17H,4H2,1-3H3/t12-/m1/s1. The summed E-state index contributed by atoms with van der Waals surface area (Å²) in [6.07, 6.45) is 1.96. The first-order valence-electron chi connectivity index (χ1n) is 6.72. The van der Waals surface area contributed by atoms with Crippen LogP contribution in [0.1, 0.15) is 24.9 Å². The van der Waals surface area contributed by atoms with Crippen LogP contribution in [0.5, 0.6) is 5.75 Å². The summed E-state index contributed by atoms with van der Waals surface area (Å²) in [7, 11) is -0.575. The van der Waals surface area contributed by atoms with Crippen LogP contribution in [0.2, 0.25) is 5.15 Å². The molecule has 0 spiro atoms. The number of rotatable bonds is 6. The number of nitrogens with one attached hydrogen (secondary N) is 1. The molecule has 0 aliphatic heterocycles. The van der Waals surface area contributed by atoms with Crippen molar-refractivity contribution in [3.05, 3.63) is 41.3 Å². The highest BCUT2D eigenvalue weighted by Gasteiger charge is 2.25. The zero-order valence-corrected chi connectivity index (χ0v) is 14.1. The summed E-state index contributed by atoms with van der Waals surface area (Å²) < 4.78 is 34.1. The van der Waals surface area contributed by atoms with Crippen LogP contribution in [-0.2, 0) is 17.1 Å². The Kier molecular flexibility index (Phi) is 5.10. The lowest BCUT2D eigenvalue weighted by atomic mass is 10.1. The van der Waals surface area contributed by atoms with Gasteiger partial charge in [0.25, 0.3) is 10.0 Å². The van der Waals surface area contributed by atoms with E-state index in [0.717, 1.165) is 5.56 Å². The van der Waals surface area contributed by atoms with Crippen molar-refractivity contribution in [1.29, 1.82) is 0 Å². The first-order chi connectivity index (χ1) is 10.4. The number of imidazole rings is 1. The van der Waals surface area contributed by atoms with Crippen LogP contribution < -0.4 is 9.46 Å². The third-order valence-corrected chi connectivity index (χ3v) is 5.27. The van der Waals surface area contributed by atoms with Crippen LogP contribution in [0.25, 0.3) is 0 Å². The number of ether oxygens (including phenoxy) is 1. The van der Waals surface area contributed by atoms with Gasteiger partial charge < -0.3 is 9.30 Å². The molecule has 0 bridgehead atoms. The SMILES string of the molecule is CC[C@@H](NS(=O)(=O)c1ncn(C)c1Cl)c1ccc(OC)cc1. The van der Waals surface area contributed by atoms with Crippen LogP contribution in [0.15, 0.2) is 35.6 Å². The molecule has 2 rings (SSSR count). The van der Waals surface area contributed by atoms with Gasteiger partial charge in [0.1, 0.15) is 10.9 Å². The third kappa shape index (κ3) is 3.43. The van der Waals surface area contributed by atoms with E-state index in [4.69, 9.17) is 16.3 Å². The molecule has 1 heterocycles. The number of aromatic nitrogens is 2. The lowest BCUT2D eigenvalue weighted by Gasteiger charge is -2.17. The van der Waals surface area contributed by atoms with Crippen molar-refractivity contribution in [2.75, 3.05) is 7.11 Å². The molecule has 0 aliphatic carbocycles. The maximum atomic E-state index is 12.4. The summed E-state index contributed by atoms with van der Waals surface area (Å²) in [4.78, 5) is 3.86. The lowest BCUT2D eigenvalue weighted by molar-refractivity contribution is 0.414. The fraction of sp³-hybridized carbons (Fsp3) is 0.357. The predicted molar refractivity (Wildman–Crippen MR) is 84.6 cm³/mol. The largest absolute Gasteiger partial charge is 0.497 e. The molecule has 120 valence electrons. The van der Waals surface area contributed by atoms with Crippen LogP contribution in [0, 0.1) is 0 Å². The third-order valence-electron chi connectivity index (χ3n) is 3.31. The monoisotopic (exact) mass is 343 g/mol. The predicted octanol–water partition coefficient (Wildman–Crippen LogP) is 2.51. The van der Waals surface area contributed by atoms with Crippen molar-refractivity contribution in [3.63, 3.8) is 0 Å². The Balaban J connectivity index is 2.27. The Morgan fingerprint density at radius 2 is 2.00 bits per heavy atom. The summed E-state index contributed by atoms with van der Waals surface area (Å²) in [5.74, 6) is 0.717. The topological polar surface area (TPSA) is 73.2 Å². The van der Waals surface area contributed by atoms with Gasteiger partial charge in [0.15, 0.2) is 0 Å². The molecule has 2 aromatic rings. The minimum Gasteiger partial charge on any atom is -0.497 e. The van der Waals surface area contributed by atoms with Crippen LogP contribution in [0.4, 0.5) is 0 Å². The Morgan fingerprint density at radius 1 is 1.36 bits per heavy atom. The zero-order valence-electron chi connectivity index (χ0n) is 12.6. The quantitative estimate of drug-likeness (QED) is 0.874. The molecule has 0 unspecified atom stereocenters. The maximum Gasteiger partial charge on any atom is 0.261 e. The van der Waals surface area contributed by atoms with Gasteiger partial charge in [0, 0.05) is 13.1 Å². The van der Waals surface area contributed by atoms with E-state index in [1.807, 2.05) is 19.1 Å². The van der Waals surface area contributed by atoms with E-state index in [2.05, 4.69) is 9.71 Å². The van der Waals surface area contributed by atoms with E-state index in [1.54, 1.807) is 26.3 Å². The molecule has 1 aromatic carbocycles. The van der Waals surface area contributed by atoms with Crippen molar-refractivity contribution < 1.29 is 13.2 Å². The first-order valence-corrected chi connectivity index (χ1v) is 8.58. The van der Waals surface area contributed by atoms with Gasteiger partial charge in [-0.2, -0.15) is 0 Å². The number of methoxy groups -OCH3 is 1. The Hall–Kier alpha value is -1.57. The molecule has 1 N–H and O–H groups in total. The van der Waals surface area contributed by atoms with Gasteiger partial charge >= 0.3 is 0 Å². The average molecular weight is 344 g/mol. The molecule has 1 aromatic heterocycles. The van der Waals surface area contributed by atoms with Gasteiger partial charge in [0.2, 0.25) is 5.03 Å². The van der Waals surface area contributed by atoms with Crippen molar-refractivity contribution in [2.45, 2.75) is 24.4 Å². The van der Waals surface area contributed by atoms with Gasteiger partial charge in [-0.3, -0.25) is 0 Å². The molecule has 8 heteroatoms. The molecular formula is C14H18ClN3O3S. The first kappa shape index (κ1) is 16.8. The van der Waals surface area contributed by atoms with E-state index >= 15 is 0 Å². The minimum atomic E-state index is -3.79. The lowest BCUT2D eigenvalue weighted by Crippen LogP contribution is -2.28. The van der Waals surface area contributed by atoms with E-state index < -0.39 is 10.0 Å². The number of nitrogens with zero attached hydrogens (tertiary/aromatic N) is 2. The second-order valence-corrected chi connectivity index (χ2v) is 6.79. The highest BCUT2D eigenvalue weighted by molar-refractivity contribution is 7.89. The molecule has 6 nitrogen and oxygen atoms in total. The van der Waals surface area contributed by atoms with Crippen LogP contribution >= 0.6 is 11.6 Å². The van der Waals surface area contributed by atoms with Crippen molar-refractivity contribution >= 4 is 21.6 Å². The Labute approximate surface area is 135 Å². The summed E-state index contributed by atoms with van der Waals surface area (Å²) >= 11 is 5.97. The second kappa shape index (κ2) is 6.68. The molecule has 0 radical (unpaired) electrons. The van der Waals surface area contributed by atoms with E-state index in [9.17, 15) is 8.42 Å². The summed E-state index contributed by atoms with van der Waals surface area (Å²) in [5.41, 5.74) is 0.846. The fourth-order valence-corrected chi connectivity index (χ4v) is 3.78. The molecule has 0 amide bonds. The molecule has 0 aliphatic rings. The molecular weight excluding hydrogens is 326 g/mol. The molecule has 1 atom stereocenters. The number of sulfonamides is 1. The molecule has 22 heavy (non-hydrogen) atoms. The van der Waals surface area contributed by atoms with Crippen LogP contribution in [-0.4, -0.2) is 25.1 Å². The zero-order chi connectivity index (χ0) is 16.3.